The fraction of sp³-hybridized carbons (Fsp3) is 0.667. The van der Waals surface area contributed by atoms with Crippen LogP contribution in [0.4, 0.5) is 0 Å². The van der Waals surface area contributed by atoms with Crippen molar-refractivity contribution in [2.45, 2.75) is 0 Å². The largest absolute Gasteiger partial charge is 0.378 e. The Bertz CT molecular complexity index is 214. The van der Waals surface area contributed by atoms with Crippen molar-refractivity contribution >= 4 is 12.0 Å². The van der Waals surface area contributed by atoms with E-state index in [-0.39, 0.29) is 5.96 Å². The number of rotatable bonds is 1. The van der Waals surface area contributed by atoms with Crippen LogP contribution in [0.15, 0.2) is 10.1 Å². The Morgan fingerprint density at radius 2 is 2.17 bits per heavy atom. The van der Waals surface area contributed by atoms with Crippen molar-refractivity contribution in [3.8, 4) is 0 Å². The minimum Gasteiger partial charge on any atom is -0.378 e. The second kappa shape index (κ2) is 4.48. The van der Waals surface area contributed by atoms with Gasteiger partial charge in [-0.15, -0.1) is 10.1 Å². The van der Waals surface area contributed by atoms with Crippen LogP contribution in [0.2, 0.25) is 0 Å². The Balaban J connectivity index is 2.38. The predicted octanol–water partition coefficient (Wildman–Crippen LogP) is -0.699. The molecule has 1 rings (SSSR count). The number of guanidine groups is 1. The molecular formula is C6H11N5O. The third-order valence-corrected chi connectivity index (χ3v) is 1.34. The third kappa shape index (κ3) is 3.14. The van der Waals surface area contributed by atoms with Crippen LogP contribution in [-0.4, -0.2) is 43.3 Å². The van der Waals surface area contributed by atoms with Gasteiger partial charge in [-0.25, -0.2) is 0 Å². The smallest absolute Gasteiger partial charge is 0.222 e. The molecule has 0 bridgehead atoms. The highest BCUT2D eigenvalue weighted by atomic mass is 16.5. The van der Waals surface area contributed by atoms with Gasteiger partial charge in [-0.05, 0) is 0 Å². The van der Waals surface area contributed by atoms with Crippen LogP contribution >= 0.6 is 0 Å². The Morgan fingerprint density at radius 1 is 1.50 bits per heavy atom. The standard InChI is InChI=1S/C6H11N5O/c7-6(8)9-5-10-11-1-3-12-4-2-11/h1-4H2,(H3,7,8). The van der Waals surface area contributed by atoms with Crippen LogP contribution in [0.5, 0.6) is 0 Å². The van der Waals surface area contributed by atoms with Gasteiger partial charge in [-0.1, -0.05) is 0 Å². The van der Waals surface area contributed by atoms with Gasteiger partial charge in [0, 0.05) is 0 Å². The van der Waals surface area contributed by atoms with E-state index in [9.17, 15) is 0 Å². The number of ether oxygens (including phenoxy) is 1. The van der Waals surface area contributed by atoms with Gasteiger partial charge < -0.3 is 10.5 Å². The lowest BCUT2D eigenvalue weighted by atomic mass is 10.5. The second-order valence-electron chi connectivity index (χ2n) is 2.26. The molecule has 1 aliphatic heterocycles. The fourth-order valence-electron chi connectivity index (χ4n) is 0.793. The number of hydrogen-bond acceptors (Lipinski definition) is 4. The maximum atomic E-state index is 6.76. The first-order chi connectivity index (χ1) is 5.79. The molecule has 0 spiro atoms. The molecule has 6 heteroatoms. The topological polar surface area (TPSA) is 87.1 Å². The zero-order valence-corrected chi connectivity index (χ0v) is 6.66. The van der Waals surface area contributed by atoms with E-state index in [4.69, 9.17) is 15.9 Å². The number of nitrogens with zero attached hydrogens (tertiary/aromatic N) is 3. The minimum atomic E-state index is -0.285. The van der Waals surface area contributed by atoms with Crippen molar-refractivity contribution in [1.82, 2.24) is 5.01 Å². The van der Waals surface area contributed by atoms with Crippen molar-refractivity contribution in [1.29, 1.82) is 5.41 Å². The van der Waals surface area contributed by atoms with Crippen molar-refractivity contribution in [3.05, 3.63) is 0 Å². The van der Waals surface area contributed by atoms with E-state index in [1.807, 2.05) is 0 Å². The Kier molecular flexibility index (Phi) is 3.25. The quantitative estimate of drug-likeness (QED) is 0.402. The van der Waals surface area contributed by atoms with Crippen LogP contribution in [0.1, 0.15) is 0 Å². The van der Waals surface area contributed by atoms with Crippen molar-refractivity contribution in [3.63, 3.8) is 0 Å². The highest BCUT2D eigenvalue weighted by molar-refractivity contribution is 5.80. The second-order valence-corrected chi connectivity index (χ2v) is 2.26. The number of hydrazone groups is 1. The first-order valence-electron chi connectivity index (χ1n) is 3.62. The molecule has 0 radical (unpaired) electrons. The number of nitrogens with two attached hydrogens (primary N) is 1. The van der Waals surface area contributed by atoms with Crippen LogP contribution in [0.25, 0.3) is 0 Å². The summed E-state index contributed by atoms with van der Waals surface area (Å²) in [5, 5.41) is 12.4. The summed E-state index contributed by atoms with van der Waals surface area (Å²) in [5.74, 6) is -0.285. The normalized spacial score (nSPS) is 16.5. The lowest BCUT2D eigenvalue weighted by Gasteiger charge is -2.21. The maximum absolute atomic E-state index is 6.76. The fourth-order valence-corrected chi connectivity index (χ4v) is 0.793. The van der Waals surface area contributed by atoms with E-state index in [0.717, 1.165) is 13.1 Å². The average molecular weight is 169 g/mol. The van der Waals surface area contributed by atoms with Gasteiger partial charge in [0.2, 0.25) is 5.96 Å². The Labute approximate surface area is 70.2 Å². The first-order valence-corrected chi connectivity index (χ1v) is 3.62. The van der Waals surface area contributed by atoms with E-state index in [1.54, 1.807) is 5.01 Å². The summed E-state index contributed by atoms with van der Waals surface area (Å²) in [7, 11) is 0. The van der Waals surface area contributed by atoms with Gasteiger partial charge >= 0.3 is 0 Å². The van der Waals surface area contributed by atoms with Gasteiger partial charge in [0.15, 0.2) is 0 Å². The number of nitrogens with one attached hydrogen (secondary N) is 1. The molecule has 0 aromatic heterocycles. The Hall–Kier alpha value is -1.39. The molecule has 3 N–H and O–H groups in total. The average Bonchev–Trinajstić information content (AvgIpc) is 2.05. The van der Waals surface area contributed by atoms with E-state index < -0.39 is 0 Å². The van der Waals surface area contributed by atoms with Crippen LogP contribution < -0.4 is 5.73 Å². The zero-order valence-electron chi connectivity index (χ0n) is 6.66. The molecule has 0 saturated carbocycles. The van der Waals surface area contributed by atoms with E-state index in [1.165, 1.54) is 0 Å². The molecule has 0 aromatic rings. The summed E-state index contributed by atoms with van der Waals surface area (Å²) in [4.78, 5) is 3.38. The molecule has 66 valence electrons. The highest BCUT2D eigenvalue weighted by Gasteiger charge is 2.05. The molecule has 0 aromatic carbocycles. The van der Waals surface area contributed by atoms with Gasteiger partial charge in [0.05, 0.1) is 26.3 Å². The van der Waals surface area contributed by atoms with Crippen LogP contribution in [0.3, 0.4) is 0 Å². The van der Waals surface area contributed by atoms with Crippen molar-refractivity contribution < 1.29 is 4.74 Å². The molecule has 1 aliphatic rings. The summed E-state index contributed by atoms with van der Waals surface area (Å²) in [6.45, 7) is 2.82. The summed E-state index contributed by atoms with van der Waals surface area (Å²) in [6, 6.07) is 2.33. The lowest BCUT2D eigenvalue weighted by Crippen LogP contribution is -2.31. The van der Waals surface area contributed by atoms with E-state index in [0.29, 0.717) is 13.2 Å². The van der Waals surface area contributed by atoms with E-state index in [2.05, 4.69) is 16.1 Å². The molecule has 12 heavy (non-hydrogen) atoms. The summed E-state index contributed by atoms with van der Waals surface area (Å²) < 4.78 is 5.10. The molecule has 0 atom stereocenters. The highest BCUT2D eigenvalue weighted by Crippen LogP contribution is 1.94. The minimum absolute atomic E-state index is 0.285. The Morgan fingerprint density at radius 3 is 2.75 bits per heavy atom. The lowest BCUT2D eigenvalue weighted by molar-refractivity contribution is 0.0397. The summed E-state index contributed by atoms with van der Waals surface area (Å²) in [5.41, 5.74) is 4.96. The van der Waals surface area contributed by atoms with Gasteiger partial charge in [-0.3, -0.25) is 10.4 Å². The summed E-state index contributed by atoms with van der Waals surface area (Å²) in [6.07, 6.45) is 0. The molecule has 1 fully saturated rings. The predicted molar refractivity (Wildman–Crippen MR) is 44.2 cm³/mol. The first kappa shape index (κ1) is 8.70. The van der Waals surface area contributed by atoms with Gasteiger partial charge in [0.25, 0.3) is 0 Å². The SMILES string of the molecule is N=C(N)N=C=NN1CCOCC1. The van der Waals surface area contributed by atoms with Crippen molar-refractivity contribution in [2.75, 3.05) is 26.3 Å². The number of aliphatic imine (C=N–C) groups is 1. The van der Waals surface area contributed by atoms with Crippen LogP contribution in [0, 0.1) is 5.41 Å². The molecule has 1 saturated heterocycles. The molecule has 1 heterocycles. The number of morpholine rings is 1. The zero-order chi connectivity index (χ0) is 8.81. The molecular weight excluding hydrogens is 158 g/mol. The van der Waals surface area contributed by atoms with E-state index >= 15 is 0 Å². The molecule has 0 amide bonds. The van der Waals surface area contributed by atoms with Gasteiger partial charge in [-0.2, -0.15) is 0 Å². The molecule has 0 aliphatic carbocycles. The maximum Gasteiger partial charge on any atom is 0.222 e. The monoisotopic (exact) mass is 169 g/mol. The molecule has 0 unspecified atom stereocenters. The van der Waals surface area contributed by atoms with Crippen molar-refractivity contribution in [2.24, 2.45) is 15.8 Å². The van der Waals surface area contributed by atoms with Crippen LogP contribution in [-0.2, 0) is 4.74 Å². The summed E-state index contributed by atoms with van der Waals surface area (Å²) >= 11 is 0. The van der Waals surface area contributed by atoms with Gasteiger partial charge in [0.1, 0.15) is 6.01 Å². The number of hydrogen-bond donors (Lipinski definition) is 2. The molecule has 6 nitrogen and oxygen atoms in total. The third-order valence-electron chi connectivity index (χ3n) is 1.34.